The highest BCUT2D eigenvalue weighted by Crippen LogP contribution is 2.24. The van der Waals surface area contributed by atoms with Crippen molar-refractivity contribution in [2.45, 2.75) is 19.9 Å². The molecule has 0 fully saturated rings. The first-order chi connectivity index (χ1) is 12.3. The molecular weight excluding hydrogens is 363 g/mol. The zero-order valence-corrected chi connectivity index (χ0v) is 15.0. The number of sulfonamides is 1. The summed E-state index contributed by atoms with van der Waals surface area (Å²) in [6, 6.07) is 3.74. The van der Waals surface area contributed by atoms with E-state index in [1.165, 1.54) is 11.5 Å². The molecule has 0 saturated carbocycles. The predicted octanol–water partition coefficient (Wildman–Crippen LogP) is 0.646. The third kappa shape index (κ3) is 3.03. The first-order valence-electron chi connectivity index (χ1n) is 7.93. The summed E-state index contributed by atoms with van der Waals surface area (Å²) in [7, 11) is -1.91. The average Bonchev–Trinajstić information content (AvgIpc) is 2.94. The van der Waals surface area contributed by atoms with E-state index < -0.39 is 21.5 Å². The second kappa shape index (κ2) is 6.45. The molecule has 0 aliphatic carbocycles. The number of rotatable bonds is 4. The number of benzene rings is 1. The molecule has 0 bridgehead atoms. The number of fused-ring (bicyclic) bond motifs is 1. The highest BCUT2D eigenvalue weighted by molar-refractivity contribution is 7.92. The summed E-state index contributed by atoms with van der Waals surface area (Å²) < 4.78 is 42.7. The number of halogens is 1. The summed E-state index contributed by atoms with van der Waals surface area (Å²) in [6.07, 6.45) is 0.756. The zero-order chi connectivity index (χ0) is 19.1. The van der Waals surface area contributed by atoms with E-state index >= 15 is 0 Å². The molecule has 1 aliphatic rings. The molecule has 9 nitrogen and oxygen atoms in total. The van der Waals surface area contributed by atoms with Gasteiger partial charge in [0, 0.05) is 20.1 Å². The van der Waals surface area contributed by atoms with Crippen LogP contribution in [-0.2, 0) is 16.6 Å². The average molecular weight is 380 g/mol. The molecule has 2 aromatic rings. The Morgan fingerprint density at radius 3 is 2.73 bits per heavy atom. The number of hydrogen-bond donors (Lipinski definition) is 1. The molecule has 0 atom stereocenters. The zero-order valence-electron chi connectivity index (χ0n) is 14.2. The molecule has 1 N–H and O–H groups in total. The highest BCUT2D eigenvalue weighted by atomic mass is 32.2. The van der Waals surface area contributed by atoms with E-state index in [2.05, 4.69) is 9.82 Å². The fourth-order valence-corrected chi connectivity index (χ4v) is 3.38. The summed E-state index contributed by atoms with van der Waals surface area (Å²) in [5.74, 6) is -0.657. The van der Waals surface area contributed by atoms with Crippen molar-refractivity contribution in [2.24, 2.45) is 0 Å². The van der Waals surface area contributed by atoms with E-state index in [4.69, 9.17) is 5.26 Å². The van der Waals surface area contributed by atoms with Gasteiger partial charge in [-0.1, -0.05) is 0 Å². The van der Waals surface area contributed by atoms with Gasteiger partial charge in [0.15, 0.2) is 5.82 Å². The van der Waals surface area contributed by atoms with Gasteiger partial charge in [0.1, 0.15) is 11.8 Å². The number of aromatic nitrogens is 3. The van der Waals surface area contributed by atoms with E-state index in [1.54, 1.807) is 18.0 Å². The topological polar surface area (TPSA) is 113 Å². The van der Waals surface area contributed by atoms with Crippen LogP contribution < -0.4 is 15.3 Å². The van der Waals surface area contributed by atoms with Crippen LogP contribution in [0.25, 0.3) is 5.69 Å². The van der Waals surface area contributed by atoms with Gasteiger partial charge in [0.25, 0.3) is 0 Å². The van der Waals surface area contributed by atoms with Crippen LogP contribution in [0.15, 0.2) is 16.9 Å². The molecule has 0 spiro atoms. The molecule has 2 heterocycles. The van der Waals surface area contributed by atoms with Gasteiger partial charge in [0.2, 0.25) is 16.0 Å². The number of hydrogen-bond acceptors (Lipinski definition) is 6. The normalized spacial score (nSPS) is 14.0. The van der Waals surface area contributed by atoms with E-state index in [1.807, 2.05) is 0 Å². The van der Waals surface area contributed by atoms with Crippen LogP contribution in [0.5, 0.6) is 0 Å². The van der Waals surface area contributed by atoms with Crippen molar-refractivity contribution in [2.75, 3.05) is 29.0 Å². The van der Waals surface area contributed by atoms with Crippen LogP contribution in [0.2, 0.25) is 0 Å². The summed E-state index contributed by atoms with van der Waals surface area (Å²) in [6.45, 7) is 2.61. The molecule has 0 radical (unpaired) electrons. The second-order valence-electron chi connectivity index (χ2n) is 5.89. The van der Waals surface area contributed by atoms with Crippen LogP contribution in [0, 0.1) is 17.1 Å². The lowest BCUT2D eigenvalue weighted by Gasteiger charge is -2.22. The summed E-state index contributed by atoms with van der Waals surface area (Å²) in [5.41, 5.74) is -1.04. The quantitative estimate of drug-likeness (QED) is 0.833. The van der Waals surface area contributed by atoms with Crippen molar-refractivity contribution < 1.29 is 12.8 Å². The lowest BCUT2D eigenvalue weighted by Crippen LogP contribution is -2.33. The molecule has 0 amide bonds. The number of nitrogens with zero attached hydrogens (tertiary/aromatic N) is 5. The van der Waals surface area contributed by atoms with Crippen molar-refractivity contribution in [1.29, 1.82) is 5.26 Å². The number of nitrogens with one attached hydrogen (secondary N) is 1. The number of nitriles is 1. The van der Waals surface area contributed by atoms with Gasteiger partial charge < -0.3 is 4.90 Å². The molecule has 138 valence electrons. The van der Waals surface area contributed by atoms with Gasteiger partial charge in [-0.25, -0.2) is 17.6 Å². The van der Waals surface area contributed by atoms with Gasteiger partial charge in [0.05, 0.1) is 17.0 Å². The van der Waals surface area contributed by atoms with Gasteiger partial charge in [-0.3, -0.25) is 9.29 Å². The fourth-order valence-electron chi connectivity index (χ4n) is 2.73. The van der Waals surface area contributed by atoms with E-state index in [9.17, 15) is 17.6 Å². The molecule has 3 rings (SSSR count). The fraction of sp³-hybridized carbons (Fsp3) is 0.400. The van der Waals surface area contributed by atoms with Crippen molar-refractivity contribution >= 4 is 21.7 Å². The molecule has 11 heteroatoms. The van der Waals surface area contributed by atoms with Gasteiger partial charge >= 0.3 is 5.69 Å². The third-order valence-corrected chi connectivity index (χ3v) is 5.43. The third-order valence-electron chi connectivity index (χ3n) is 4.14. The van der Waals surface area contributed by atoms with Crippen molar-refractivity contribution in [3.05, 3.63) is 34.0 Å². The molecule has 0 unspecified atom stereocenters. The SMILES string of the molecule is CCS(=O)(=O)Nc1cc(-n2nc3n(c2=O)CCCN3C)c(F)cc1C#N. The van der Waals surface area contributed by atoms with E-state index in [-0.39, 0.29) is 22.7 Å². The minimum atomic E-state index is -3.68. The Morgan fingerprint density at radius 1 is 1.38 bits per heavy atom. The summed E-state index contributed by atoms with van der Waals surface area (Å²) in [5, 5.41) is 13.3. The van der Waals surface area contributed by atoms with Gasteiger partial charge in [-0.05, 0) is 25.5 Å². The first-order valence-corrected chi connectivity index (χ1v) is 9.58. The van der Waals surface area contributed by atoms with Gasteiger partial charge in [-0.2, -0.15) is 9.94 Å². The molecule has 1 aromatic heterocycles. The number of anilines is 2. The Hall–Kier alpha value is -2.87. The first kappa shape index (κ1) is 17.9. The molecular formula is C15H17FN6O3S. The lowest BCUT2D eigenvalue weighted by atomic mass is 10.1. The minimum absolute atomic E-state index is 0.100. The predicted molar refractivity (Wildman–Crippen MR) is 93.5 cm³/mol. The maximum absolute atomic E-state index is 14.5. The molecule has 26 heavy (non-hydrogen) atoms. The Balaban J connectivity index is 2.18. The smallest absolute Gasteiger partial charge is 0.344 e. The highest BCUT2D eigenvalue weighted by Gasteiger charge is 2.24. The summed E-state index contributed by atoms with van der Waals surface area (Å²) >= 11 is 0. The van der Waals surface area contributed by atoms with Crippen molar-refractivity contribution in [3.8, 4) is 11.8 Å². The van der Waals surface area contributed by atoms with Crippen molar-refractivity contribution in [1.82, 2.24) is 14.3 Å². The van der Waals surface area contributed by atoms with Gasteiger partial charge in [-0.15, -0.1) is 5.10 Å². The van der Waals surface area contributed by atoms with Crippen LogP contribution in [-0.4, -0.2) is 42.1 Å². The Bertz CT molecular complexity index is 1070. The lowest BCUT2D eigenvalue weighted by molar-refractivity contribution is 0.564. The maximum atomic E-state index is 14.5. The van der Waals surface area contributed by atoms with Crippen LogP contribution in [0.3, 0.4) is 0 Å². The van der Waals surface area contributed by atoms with E-state index in [0.29, 0.717) is 19.0 Å². The van der Waals surface area contributed by atoms with Crippen LogP contribution in [0.4, 0.5) is 16.0 Å². The Morgan fingerprint density at radius 2 is 2.12 bits per heavy atom. The molecule has 1 aliphatic heterocycles. The van der Waals surface area contributed by atoms with Crippen molar-refractivity contribution in [3.63, 3.8) is 0 Å². The Kier molecular flexibility index (Phi) is 4.45. The molecule has 1 aromatic carbocycles. The van der Waals surface area contributed by atoms with E-state index in [0.717, 1.165) is 23.2 Å². The second-order valence-corrected chi connectivity index (χ2v) is 7.90. The largest absolute Gasteiger partial charge is 0.352 e. The standard InChI is InChI=1S/C15H17FN6O3S/c1-3-26(24,25)19-12-8-13(11(16)7-10(12)9-17)22-15(23)21-6-4-5-20(2)14(21)18-22/h7-8,19H,3-6H2,1-2H3. The van der Waals surface area contributed by atoms with Crippen LogP contribution >= 0.6 is 0 Å². The summed E-state index contributed by atoms with van der Waals surface area (Å²) in [4.78, 5) is 14.4. The monoisotopic (exact) mass is 380 g/mol. The minimum Gasteiger partial charge on any atom is -0.344 e. The Labute approximate surface area is 149 Å². The van der Waals surface area contributed by atoms with Crippen LogP contribution in [0.1, 0.15) is 18.9 Å². The molecule has 0 saturated heterocycles. The maximum Gasteiger partial charge on any atom is 0.352 e.